The quantitative estimate of drug-likeness (QED) is 0.0126. The van der Waals surface area contributed by atoms with Gasteiger partial charge in [-0.1, -0.05) is 31.6 Å². The van der Waals surface area contributed by atoms with Gasteiger partial charge in [0.1, 0.15) is 38.8 Å². The fourth-order valence-corrected chi connectivity index (χ4v) is 8.02. The molecule has 0 aliphatic rings. The van der Waals surface area contributed by atoms with Crippen molar-refractivity contribution in [2.75, 3.05) is 95.7 Å². The Balaban J connectivity index is 3.90. The van der Waals surface area contributed by atoms with E-state index in [1.54, 1.807) is 33.5 Å². The van der Waals surface area contributed by atoms with Crippen molar-refractivity contribution < 1.29 is 100 Å². The highest BCUT2D eigenvalue weighted by molar-refractivity contribution is 8.02. The molecule has 0 aromatic rings. The third-order valence-electron chi connectivity index (χ3n) is 8.95. The van der Waals surface area contributed by atoms with Crippen molar-refractivity contribution in [1.29, 1.82) is 0 Å². The molecule has 436 valence electrons. The predicted octanol–water partition coefficient (Wildman–Crippen LogP) is 6.15. The predicted molar refractivity (Wildman–Crippen MR) is 297 cm³/mol. The molecule has 0 aromatic heterocycles. The van der Waals surface area contributed by atoms with Crippen LogP contribution >= 0.6 is 47.0 Å². The van der Waals surface area contributed by atoms with Crippen LogP contribution in [0.15, 0.2) is 45.9 Å². The molecule has 0 fully saturated rings. The summed E-state index contributed by atoms with van der Waals surface area (Å²) in [6.45, 7) is -0.541. The fourth-order valence-electron chi connectivity index (χ4n) is 5.17. The molecule has 0 rings (SSSR count). The van der Waals surface area contributed by atoms with Gasteiger partial charge < -0.3 is 52.1 Å². The largest absolute Gasteiger partial charge is 0.465 e. The molecule has 0 radical (unpaired) electrons. The molecule has 0 spiro atoms. The minimum atomic E-state index is -0.818. The van der Waals surface area contributed by atoms with Gasteiger partial charge in [-0.25, -0.2) is 28.8 Å². The molecule has 79 heavy (non-hydrogen) atoms. The summed E-state index contributed by atoms with van der Waals surface area (Å²) in [6, 6.07) is 0. The van der Waals surface area contributed by atoms with Crippen molar-refractivity contribution in [3.8, 4) is 37.0 Å². The Bertz CT molecular complexity index is 1950. The van der Waals surface area contributed by atoms with Gasteiger partial charge in [-0.2, -0.15) is 0 Å². The van der Waals surface area contributed by atoms with E-state index in [2.05, 4.69) is 15.4 Å². The third-order valence-corrected chi connectivity index (χ3v) is 12.4. The molecule has 25 heteroatoms. The van der Waals surface area contributed by atoms with Gasteiger partial charge in [0.2, 0.25) is 0 Å². The second-order valence-electron chi connectivity index (χ2n) is 15.5. The Morgan fingerprint density at radius 2 is 0.633 bits per heavy atom. The number of terminal acetylenes is 3. The van der Waals surface area contributed by atoms with Crippen molar-refractivity contribution in [3.05, 3.63) is 45.9 Å². The molecule has 0 aliphatic carbocycles. The maximum absolute atomic E-state index is 12.2. The first-order chi connectivity index (χ1) is 38.3. The van der Waals surface area contributed by atoms with Crippen LogP contribution in [-0.2, 0) is 100 Å². The van der Waals surface area contributed by atoms with Crippen LogP contribution in [0.2, 0.25) is 0 Å². The van der Waals surface area contributed by atoms with Crippen molar-refractivity contribution in [3.63, 3.8) is 0 Å². The van der Waals surface area contributed by atoms with Crippen LogP contribution in [-0.4, -0.2) is 161 Å². The fraction of sp³-hybridized carbons (Fsp3) is 0.556. The van der Waals surface area contributed by atoms with Gasteiger partial charge in [-0.3, -0.25) is 19.2 Å². The summed E-state index contributed by atoms with van der Waals surface area (Å²) in [5, 5.41) is 6.65. The van der Waals surface area contributed by atoms with Crippen molar-refractivity contribution in [2.45, 2.75) is 96.0 Å². The van der Waals surface area contributed by atoms with Crippen LogP contribution in [0.5, 0.6) is 0 Å². The number of hydrogen-bond donors (Lipinski definition) is 0. The van der Waals surface area contributed by atoms with Gasteiger partial charge in [-0.05, 0) is 70.3 Å². The number of carbonyl (C=O) groups excluding carboxylic acids is 10. The van der Waals surface area contributed by atoms with Crippen molar-refractivity contribution in [1.82, 2.24) is 0 Å². The highest BCUT2D eigenvalue weighted by atomic mass is 32.2. The van der Waals surface area contributed by atoms with E-state index in [0.717, 1.165) is 74.4 Å². The summed E-state index contributed by atoms with van der Waals surface area (Å²) >= 11 is 5.92. The molecule has 0 amide bonds. The van der Waals surface area contributed by atoms with Gasteiger partial charge >= 0.3 is 59.7 Å². The number of unbranched alkanes of at least 4 members (excludes halogenated alkanes) is 6. The molecule has 0 bridgehead atoms. The normalized spacial score (nSPS) is 11.2. The second-order valence-corrected chi connectivity index (χ2v) is 19.5. The highest BCUT2D eigenvalue weighted by Gasteiger charge is 2.16. The lowest BCUT2D eigenvalue weighted by atomic mass is 10.2. The first-order valence-corrected chi connectivity index (χ1v) is 29.2. The van der Waals surface area contributed by atoms with Crippen LogP contribution in [0.4, 0.5) is 0 Å². The molecule has 0 heterocycles. The molecule has 0 aliphatic heterocycles. The van der Waals surface area contributed by atoms with Gasteiger partial charge in [0, 0.05) is 61.8 Å². The van der Waals surface area contributed by atoms with Crippen LogP contribution in [0, 0.1) is 37.0 Å². The minimum absolute atomic E-state index is 0.0184. The molecule has 21 nitrogen and oxygen atoms in total. The molecule has 0 aromatic carbocycles. The molecular weight excluding hydrogens is 1110 g/mol. The van der Waals surface area contributed by atoms with E-state index in [9.17, 15) is 47.9 Å². The smallest absolute Gasteiger partial charge is 0.384 e. The number of hydrogen-bond acceptors (Lipinski definition) is 25. The second kappa shape index (κ2) is 53.7. The molecule has 0 atom stereocenters. The number of thioether (sulfide) groups is 4. The van der Waals surface area contributed by atoms with E-state index >= 15 is 0 Å². The topological polar surface area (TPSA) is 272 Å². The molecular formula is C54H70O21S4. The lowest BCUT2D eigenvalue weighted by Gasteiger charge is -2.15. The standard InChI is InChI=1S/C54H70O21S4/c1-4-23-65-44(42-74-49(59)21-38-78-34-13-9-7-11-32-76-36-19-47(57)68-26-17-30-72-53(63)40-51(61)70-28-15-24-66-45(55)5-2)43-75-50(60)22-39-79-35-14-10-8-12-33-77-37-20-48(58)69-27-18-31-73-54(64)41-52(62)71-29-16-25-67-46(56)6-3/h1-3,19-22,36-39,44H,7-18,23-35,40-43H2/b36-19?,37-20?,38-21+,39-22+. The van der Waals surface area contributed by atoms with E-state index in [0.29, 0.717) is 0 Å². The molecule has 0 unspecified atom stereocenters. The highest BCUT2D eigenvalue weighted by Crippen LogP contribution is 2.14. The van der Waals surface area contributed by atoms with E-state index in [-0.39, 0.29) is 98.4 Å². The Hall–Kier alpha value is -6.30. The number of esters is 10. The number of rotatable bonds is 48. The van der Waals surface area contributed by atoms with Gasteiger partial charge in [0.05, 0.1) is 52.9 Å². The Kier molecular flexibility index (Phi) is 49.4. The Morgan fingerprint density at radius 3 is 0.924 bits per heavy atom. The number of carbonyl (C=O) groups is 10. The summed E-state index contributed by atoms with van der Waals surface area (Å²) in [6.07, 6.45) is 27.1. The van der Waals surface area contributed by atoms with E-state index in [4.69, 9.17) is 61.9 Å². The minimum Gasteiger partial charge on any atom is -0.465 e. The zero-order valence-electron chi connectivity index (χ0n) is 44.1. The average molecular weight is 1180 g/mol. The van der Waals surface area contributed by atoms with Gasteiger partial charge in [0.25, 0.3) is 0 Å². The van der Waals surface area contributed by atoms with Crippen molar-refractivity contribution >= 4 is 107 Å². The summed E-state index contributed by atoms with van der Waals surface area (Å²) < 4.78 is 54.9. The monoisotopic (exact) mass is 1180 g/mol. The first kappa shape index (κ1) is 72.7. The van der Waals surface area contributed by atoms with Gasteiger partial charge in [-0.15, -0.1) is 66.3 Å². The van der Waals surface area contributed by atoms with Crippen LogP contribution < -0.4 is 0 Å². The summed E-state index contributed by atoms with van der Waals surface area (Å²) in [7, 11) is 0. The van der Waals surface area contributed by atoms with E-state index < -0.39 is 78.6 Å². The van der Waals surface area contributed by atoms with Gasteiger partial charge in [0.15, 0.2) is 0 Å². The maximum Gasteiger partial charge on any atom is 0.384 e. The molecule has 0 N–H and O–H groups in total. The Labute approximate surface area is 479 Å². The SMILES string of the molecule is C#CCOC(COC(=O)/C=C/SCCCCCCSC=CC(=O)OCCCOC(=O)CC(=O)OCCCOC(=O)C#C)COC(=O)/C=C/SCCCCCCSC=CC(=O)OCCCOC(=O)CC(=O)OCCCOC(=O)C#C. The lowest BCUT2D eigenvalue weighted by Crippen LogP contribution is -2.28. The summed E-state index contributed by atoms with van der Waals surface area (Å²) in [5.41, 5.74) is 0. The Morgan fingerprint density at radius 1 is 0.354 bits per heavy atom. The first-order valence-electron chi connectivity index (χ1n) is 25.0. The van der Waals surface area contributed by atoms with Crippen LogP contribution in [0.25, 0.3) is 0 Å². The van der Waals surface area contributed by atoms with E-state index in [1.165, 1.54) is 71.4 Å². The number of ether oxygens (including phenoxy) is 11. The zero-order valence-corrected chi connectivity index (χ0v) is 47.4. The maximum atomic E-state index is 12.2. The lowest BCUT2D eigenvalue weighted by molar-refractivity contribution is -0.157. The van der Waals surface area contributed by atoms with E-state index in [1.807, 2.05) is 0 Å². The van der Waals surface area contributed by atoms with Crippen LogP contribution in [0.3, 0.4) is 0 Å². The summed E-state index contributed by atoms with van der Waals surface area (Å²) in [4.78, 5) is 117. The zero-order chi connectivity index (χ0) is 58.2. The summed E-state index contributed by atoms with van der Waals surface area (Å²) in [5.74, 6) is 2.20. The van der Waals surface area contributed by atoms with Crippen LogP contribution in [0.1, 0.15) is 89.9 Å². The third kappa shape index (κ3) is 52.2. The molecule has 0 saturated carbocycles. The average Bonchev–Trinajstić information content (AvgIpc) is 3.42. The van der Waals surface area contributed by atoms with Crippen molar-refractivity contribution in [2.24, 2.45) is 0 Å². The molecule has 0 saturated heterocycles.